The third-order valence-electron chi connectivity index (χ3n) is 28.1. The highest BCUT2D eigenvalue weighted by molar-refractivity contribution is 6.00. The molecule has 5 spiro atoms. The topological polar surface area (TPSA) is 331 Å². The quantitative estimate of drug-likeness (QED) is 0.0835. The van der Waals surface area contributed by atoms with Crippen molar-refractivity contribution in [2.75, 3.05) is 6.61 Å². The summed E-state index contributed by atoms with van der Waals surface area (Å²) in [6.45, 7) is 25.5. The molecule has 0 amide bonds. The van der Waals surface area contributed by atoms with Gasteiger partial charge in [0.1, 0.15) is 30.5 Å². The molecule has 0 aromatic heterocycles. The Balaban J connectivity index is 0.000000128. The van der Waals surface area contributed by atoms with E-state index in [0.717, 1.165) is 83.5 Å². The minimum atomic E-state index is -0.721. The van der Waals surface area contributed by atoms with Crippen LogP contribution in [-0.4, -0.2) is 121 Å². The second-order valence-corrected chi connectivity index (χ2v) is 35.4. The smallest absolute Gasteiger partial charge is 0.320 e. The van der Waals surface area contributed by atoms with E-state index in [9.17, 15) is 67.1 Å². The molecule has 5 heterocycles. The van der Waals surface area contributed by atoms with Gasteiger partial charge in [-0.1, -0.05) is 48.5 Å². The summed E-state index contributed by atoms with van der Waals surface area (Å²) >= 11 is 0. The molecule has 10 bridgehead atoms. The molecule has 5 aliphatic heterocycles. The number of hydrogen-bond donors (Lipinski definition) is 0. The fraction of sp³-hybridized carbons (Fsp3) is 0.821. The summed E-state index contributed by atoms with van der Waals surface area (Å²) in [5.41, 5.74) is -3.98. The van der Waals surface area contributed by atoms with Crippen molar-refractivity contribution in [3.8, 4) is 0 Å². The van der Waals surface area contributed by atoms with Crippen LogP contribution in [0.15, 0.2) is 0 Å². The highest BCUT2D eigenvalue weighted by Gasteiger charge is 2.69. The number of cyclic esters (lactones) is 9. The predicted molar refractivity (Wildman–Crippen MR) is 355 cm³/mol. The fourth-order valence-electron chi connectivity index (χ4n) is 20.3. The lowest BCUT2D eigenvalue weighted by Gasteiger charge is -2.35. The summed E-state index contributed by atoms with van der Waals surface area (Å²) in [6.07, 6.45) is 16.5. The van der Waals surface area contributed by atoms with Gasteiger partial charge < -0.3 is 47.4 Å². The second kappa shape index (κ2) is 28.3. The molecule has 24 heteroatoms. The molecule has 10 saturated carbocycles. The van der Waals surface area contributed by atoms with Gasteiger partial charge in [0.2, 0.25) is 0 Å². The average molecular weight is 1430 g/mol. The Morgan fingerprint density at radius 1 is 0.382 bits per heavy atom. The summed E-state index contributed by atoms with van der Waals surface area (Å²) in [7, 11) is 0. The van der Waals surface area contributed by atoms with E-state index in [0.29, 0.717) is 81.6 Å². The van der Waals surface area contributed by atoms with Gasteiger partial charge in [0, 0.05) is 17.3 Å². The third kappa shape index (κ3) is 14.0. The molecular weight excluding hydrogens is 1320 g/mol. The Labute approximate surface area is 597 Å². The van der Waals surface area contributed by atoms with Gasteiger partial charge in [0.25, 0.3) is 0 Å². The standard InChI is InChI=1S/2C16H22O5.C16H24O4.2C15H20O5/c1-4-15(2,3)13(18)20-11-6-10-5-9(11)7-16(10)8-12(17)21-14(16)19;1-4-15(2,3)13(18)20-11-6-9-5-10(11)16(7-9)8-12(17)21-14(16)19;1-4-15(2,3)14(18)20-12-6-11-5-10(12)7-16(11)8-13(17)19-9-16;1-3-8(2)13(17)19-11-5-10-4-9(11)6-15(10)7-12(16)20-14(15)18;1-3-8(2)13(17)19-11-5-9-4-10(11)15(6-9)7-12(16)20-14(15)18/h2*9-11H,4-8H2,1-3H3;10-12H,4-9H2,1-3H3;2*8-11H,3-7H2,1-2H3. The molecule has 0 aromatic rings. The second-order valence-electron chi connectivity index (χ2n) is 35.4. The average Bonchev–Trinajstić information content (AvgIpc) is 1.60. The van der Waals surface area contributed by atoms with Gasteiger partial charge in [-0.3, -0.25) is 67.1 Å². The molecule has 10 aliphatic carbocycles. The van der Waals surface area contributed by atoms with Crippen LogP contribution in [0.2, 0.25) is 0 Å². The lowest BCUT2D eigenvalue weighted by atomic mass is 9.70. The van der Waals surface area contributed by atoms with Crippen molar-refractivity contribution >= 4 is 83.6 Å². The molecule has 102 heavy (non-hydrogen) atoms. The molecular formula is C78H108O24. The van der Waals surface area contributed by atoms with Crippen LogP contribution in [0, 0.1) is 114 Å². The van der Waals surface area contributed by atoms with Crippen LogP contribution >= 0.6 is 0 Å². The van der Waals surface area contributed by atoms with Crippen molar-refractivity contribution in [1.82, 2.24) is 0 Å². The van der Waals surface area contributed by atoms with Crippen molar-refractivity contribution < 1.29 is 114 Å². The first kappa shape index (κ1) is 76.5. The number of rotatable bonds is 15. The predicted octanol–water partition coefficient (Wildman–Crippen LogP) is 10.8. The summed E-state index contributed by atoms with van der Waals surface area (Å²) in [5.74, 6) is -2.12. The van der Waals surface area contributed by atoms with E-state index in [4.69, 9.17) is 47.4 Å². The fourth-order valence-corrected chi connectivity index (χ4v) is 20.3. The van der Waals surface area contributed by atoms with E-state index in [-0.39, 0.29) is 157 Å². The highest BCUT2D eigenvalue weighted by atomic mass is 16.6. The van der Waals surface area contributed by atoms with E-state index < -0.39 is 73.7 Å². The number of carbonyl (C=O) groups excluding carboxylic acids is 14. The van der Waals surface area contributed by atoms with E-state index >= 15 is 0 Å². The first-order valence-electron chi connectivity index (χ1n) is 38.1. The molecule has 0 aromatic carbocycles. The summed E-state index contributed by atoms with van der Waals surface area (Å²) in [6, 6.07) is 0. The van der Waals surface area contributed by atoms with Crippen molar-refractivity contribution in [1.29, 1.82) is 0 Å². The molecule has 22 atom stereocenters. The van der Waals surface area contributed by atoms with Gasteiger partial charge >= 0.3 is 83.6 Å². The van der Waals surface area contributed by atoms with Crippen molar-refractivity contribution in [3.63, 3.8) is 0 Å². The Morgan fingerprint density at radius 2 is 0.706 bits per heavy atom. The van der Waals surface area contributed by atoms with Crippen LogP contribution in [0.25, 0.3) is 0 Å². The van der Waals surface area contributed by atoms with E-state index in [1.807, 2.05) is 90.0 Å². The molecule has 24 nitrogen and oxygen atoms in total. The zero-order valence-corrected chi connectivity index (χ0v) is 62.0. The van der Waals surface area contributed by atoms with Crippen LogP contribution in [0.4, 0.5) is 0 Å². The van der Waals surface area contributed by atoms with Crippen LogP contribution in [0.3, 0.4) is 0 Å². The van der Waals surface area contributed by atoms with Gasteiger partial charge in [-0.15, -0.1) is 0 Å². The molecule has 22 unspecified atom stereocenters. The minimum absolute atomic E-state index is 0.0422. The maximum absolute atomic E-state index is 12.3. The molecule has 564 valence electrons. The van der Waals surface area contributed by atoms with Crippen LogP contribution < -0.4 is 0 Å². The number of ether oxygens (including phenoxy) is 10. The summed E-state index contributed by atoms with van der Waals surface area (Å²) < 4.78 is 52.6. The highest BCUT2D eigenvalue weighted by Crippen LogP contribution is 2.66. The number of fused-ring (bicyclic) bond motifs is 15. The zero-order chi connectivity index (χ0) is 74.4. The molecule has 15 fully saturated rings. The minimum Gasteiger partial charge on any atom is -0.465 e. The van der Waals surface area contributed by atoms with Crippen molar-refractivity contribution in [2.24, 2.45) is 114 Å². The normalized spacial score (nSPS) is 39.2. The van der Waals surface area contributed by atoms with Crippen LogP contribution in [0.5, 0.6) is 0 Å². The number of carbonyl (C=O) groups is 14. The van der Waals surface area contributed by atoms with Gasteiger partial charge in [-0.05, 0) is 217 Å². The molecule has 15 aliphatic rings. The van der Waals surface area contributed by atoms with Gasteiger partial charge in [0.15, 0.2) is 0 Å². The Hall–Kier alpha value is -6.62. The van der Waals surface area contributed by atoms with Crippen molar-refractivity contribution in [2.45, 2.75) is 281 Å². The lowest BCUT2D eigenvalue weighted by Crippen LogP contribution is -2.42. The number of esters is 14. The van der Waals surface area contributed by atoms with Crippen LogP contribution in [0.1, 0.15) is 251 Å². The van der Waals surface area contributed by atoms with Crippen molar-refractivity contribution in [3.05, 3.63) is 0 Å². The molecule has 15 rings (SSSR count). The van der Waals surface area contributed by atoms with E-state index in [1.54, 1.807) is 0 Å². The molecule has 0 N–H and O–H groups in total. The largest absolute Gasteiger partial charge is 0.465 e. The Bertz CT molecular complexity index is 3420. The van der Waals surface area contributed by atoms with Crippen LogP contribution in [-0.2, 0) is 114 Å². The maximum atomic E-state index is 12.3. The van der Waals surface area contributed by atoms with E-state index in [2.05, 4.69) is 0 Å². The third-order valence-corrected chi connectivity index (χ3v) is 28.1. The lowest BCUT2D eigenvalue weighted by molar-refractivity contribution is -0.170. The SMILES string of the molecule is CCC(C)(C)C(=O)OC1CC2CC1C1(CC(=O)OC1=O)C2.CCC(C)(C)C(=O)OC1CC2CC1CC21CC(=O)OC1=O.CCC(C)(C)C(=O)OC1CC2CC1CC21COC(=O)C1.CCC(C)C(=O)OC1CC2CC1C1(CC(=O)OC1=O)C2.CCC(C)C(=O)OC1CC2CC1CC21CC(=O)OC1=O. The maximum Gasteiger partial charge on any atom is 0.320 e. The Kier molecular flexibility index (Phi) is 21.3. The molecule has 0 radical (unpaired) electrons. The van der Waals surface area contributed by atoms with Gasteiger partial charge in [0.05, 0.1) is 88.5 Å². The van der Waals surface area contributed by atoms with Gasteiger partial charge in [-0.25, -0.2) is 0 Å². The first-order chi connectivity index (χ1) is 47.8. The first-order valence-corrected chi connectivity index (χ1v) is 38.1. The number of hydrogen-bond acceptors (Lipinski definition) is 24. The zero-order valence-electron chi connectivity index (χ0n) is 62.0. The van der Waals surface area contributed by atoms with E-state index in [1.165, 1.54) is 0 Å². The monoisotopic (exact) mass is 1430 g/mol. The summed E-state index contributed by atoms with van der Waals surface area (Å²) in [4.78, 5) is 166. The summed E-state index contributed by atoms with van der Waals surface area (Å²) in [5, 5.41) is 0. The van der Waals surface area contributed by atoms with Gasteiger partial charge in [-0.2, -0.15) is 0 Å². The molecule has 5 saturated heterocycles. The Morgan fingerprint density at radius 3 is 1.00 bits per heavy atom.